The summed E-state index contributed by atoms with van der Waals surface area (Å²) in [5, 5.41) is 11.6. The zero-order valence-electron chi connectivity index (χ0n) is 15.8. The van der Waals surface area contributed by atoms with Crippen molar-refractivity contribution in [1.82, 2.24) is 9.99 Å². The molecule has 2 N–H and O–H groups in total. The van der Waals surface area contributed by atoms with Crippen molar-refractivity contribution in [3.8, 4) is 11.8 Å². The lowest BCUT2D eigenvalue weighted by Gasteiger charge is -2.17. The fraction of sp³-hybridized carbons (Fsp3) is 0.263. The Bertz CT molecular complexity index is 1040. The van der Waals surface area contributed by atoms with E-state index in [9.17, 15) is 9.59 Å². The first-order valence-electron chi connectivity index (χ1n) is 8.36. The van der Waals surface area contributed by atoms with E-state index in [0.717, 1.165) is 4.68 Å². The molecule has 1 amide bonds. The van der Waals surface area contributed by atoms with E-state index in [4.69, 9.17) is 22.2 Å². The summed E-state index contributed by atoms with van der Waals surface area (Å²) in [6, 6.07) is 8.63. The van der Waals surface area contributed by atoms with Crippen molar-refractivity contribution in [3.05, 3.63) is 61.5 Å². The monoisotopic (exact) mass is 462 g/mol. The summed E-state index contributed by atoms with van der Waals surface area (Å²) < 4.78 is 7.50. The third-order valence-corrected chi connectivity index (χ3v) is 4.38. The lowest BCUT2D eigenvalue weighted by Crippen LogP contribution is -2.43. The average molecular weight is 463 g/mol. The zero-order chi connectivity index (χ0) is 21.0. The van der Waals surface area contributed by atoms with Gasteiger partial charge in [-0.05, 0) is 69.7 Å². The predicted octanol–water partition coefficient (Wildman–Crippen LogP) is 3.14. The fourth-order valence-corrected chi connectivity index (χ4v) is 3.05. The van der Waals surface area contributed by atoms with Crippen LogP contribution in [-0.2, 0) is 0 Å². The molecule has 2 aromatic rings. The van der Waals surface area contributed by atoms with E-state index in [-0.39, 0.29) is 22.3 Å². The minimum Gasteiger partial charge on any atom is -0.490 e. The van der Waals surface area contributed by atoms with Crippen molar-refractivity contribution >= 4 is 39.2 Å². The SMILES string of the molecule is Cc1cc(C)n(NC(=S)NC(=O)c2cc(Br)ccc2OC(C)C)c(=O)c1C#N. The number of aryl methyl sites for hydroxylation is 2. The second kappa shape index (κ2) is 8.99. The lowest BCUT2D eigenvalue weighted by molar-refractivity contribution is 0.0971. The number of carbonyl (C=O) groups excluding carboxylic acids is 1. The smallest absolute Gasteiger partial charge is 0.287 e. The van der Waals surface area contributed by atoms with Gasteiger partial charge >= 0.3 is 0 Å². The topological polar surface area (TPSA) is 96.2 Å². The second-order valence-corrected chi connectivity index (χ2v) is 7.62. The summed E-state index contributed by atoms with van der Waals surface area (Å²) in [5.41, 5.74) is 3.53. The first-order valence-corrected chi connectivity index (χ1v) is 9.56. The number of pyridine rings is 1. The Kier molecular flexibility index (Phi) is 6.94. The summed E-state index contributed by atoms with van der Waals surface area (Å²) in [7, 11) is 0. The Morgan fingerprint density at radius 3 is 2.61 bits per heavy atom. The Hall–Kier alpha value is -2.70. The molecule has 0 atom stereocenters. The van der Waals surface area contributed by atoms with Crippen molar-refractivity contribution in [2.24, 2.45) is 0 Å². The van der Waals surface area contributed by atoms with Crippen LogP contribution in [0.4, 0.5) is 0 Å². The molecule has 0 spiro atoms. The average Bonchev–Trinajstić information content (AvgIpc) is 2.60. The quantitative estimate of drug-likeness (QED) is 0.677. The first-order chi connectivity index (χ1) is 13.1. The molecule has 2 rings (SSSR count). The van der Waals surface area contributed by atoms with Crippen LogP contribution >= 0.6 is 28.1 Å². The van der Waals surface area contributed by atoms with Crippen LogP contribution in [0.3, 0.4) is 0 Å². The largest absolute Gasteiger partial charge is 0.490 e. The number of nitrogens with zero attached hydrogens (tertiary/aromatic N) is 2. The van der Waals surface area contributed by atoms with Gasteiger partial charge < -0.3 is 4.74 Å². The standard InChI is InChI=1S/C19H19BrN4O3S/c1-10(2)27-16-6-5-13(20)8-14(16)17(25)22-19(28)23-24-12(4)7-11(3)15(9-21)18(24)26/h5-8,10H,1-4H3,(H2,22,23,25,28). The molecule has 0 aliphatic rings. The highest BCUT2D eigenvalue weighted by molar-refractivity contribution is 9.10. The third-order valence-electron chi connectivity index (χ3n) is 3.69. The number of nitriles is 1. The van der Waals surface area contributed by atoms with Gasteiger partial charge in [0.15, 0.2) is 5.11 Å². The molecule has 7 nitrogen and oxygen atoms in total. The van der Waals surface area contributed by atoms with E-state index in [0.29, 0.717) is 21.5 Å². The highest BCUT2D eigenvalue weighted by Crippen LogP contribution is 2.24. The minimum absolute atomic E-state index is 0.00633. The molecular formula is C19H19BrN4O3S. The molecule has 9 heteroatoms. The first kappa shape index (κ1) is 21.6. The van der Waals surface area contributed by atoms with Crippen LogP contribution in [0.25, 0.3) is 0 Å². The molecule has 146 valence electrons. The van der Waals surface area contributed by atoms with E-state index >= 15 is 0 Å². The number of hydrogen-bond donors (Lipinski definition) is 2. The molecular weight excluding hydrogens is 444 g/mol. The van der Waals surface area contributed by atoms with E-state index in [1.54, 1.807) is 38.1 Å². The van der Waals surface area contributed by atoms with Crippen LogP contribution in [0.5, 0.6) is 5.75 Å². The molecule has 1 aromatic heterocycles. The number of aromatic nitrogens is 1. The number of ether oxygens (including phenoxy) is 1. The van der Waals surface area contributed by atoms with Gasteiger partial charge in [-0.3, -0.25) is 20.3 Å². The summed E-state index contributed by atoms with van der Waals surface area (Å²) in [4.78, 5) is 25.1. The number of carbonyl (C=O) groups is 1. The molecule has 1 aromatic carbocycles. The van der Waals surface area contributed by atoms with Crippen LogP contribution < -0.4 is 21.0 Å². The number of hydrogen-bond acceptors (Lipinski definition) is 5. The van der Waals surface area contributed by atoms with E-state index in [1.165, 1.54) is 0 Å². The van der Waals surface area contributed by atoms with Gasteiger partial charge in [0.05, 0.1) is 11.7 Å². The van der Waals surface area contributed by atoms with E-state index in [1.807, 2.05) is 19.9 Å². The Balaban J connectivity index is 2.26. The molecule has 1 heterocycles. The highest BCUT2D eigenvalue weighted by atomic mass is 79.9. The number of benzene rings is 1. The molecule has 0 fully saturated rings. The van der Waals surface area contributed by atoms with Crippen LogP contribution in [0.1, 0.15) is 41.0 Å². The maximum atomic E-state index is 12.7. The van der Waals surface area contributed by atoms with Crippen LogP contribution in [0, 0.1) is 25.2 Å². The molecule has 0 aliphatic carbocycles. The summed E-state index contributed by atoms with van der Waals surface area (Å²) in [6.07, 6.45) is -0.115. The van der Waals surface area contributed by atoms with Crippen LogP contribution in [-0.4, -0.2) is 21.8 Å². The van der Waals surface area contributed by atoms with E-state index in [2.05, 4.69) is 26.7 Å². The lowest BCUT2D eigenvalue weighted by atomic mass is 10.1. The van der Waals surface area contributed by atoms with Crippen molar-refractivity contribution < 1.29 is 9.53 Å². The summed E-state index contributed by atoms with van der Waals surface area (Å²) in [6.45, 7) is 7.08. The molecule has 28 heavy (non-hydrogen) atoms. The normalized spacial score (nSPS) is 10.3. The number of thiocarbonyl (C=S) groups is 1. The van der Waals surface area contributed by atoms with Gasteiger partial charge in [-0.2, -0.15) is 5.26 Å². The second-order valence-electron chi connectivity index (χ2n) is 6.30. The van der Waals surface area contributed by atoms with Crippen molar-refractivity contribution in [1.29, 1.82) is 5.26 Å². The van der Waals surface area contributed by atoms with E-state index < -0.39 is 11.5 Å². The highest BCUT2D eigenvalue weighted by Gasteiger charge is 2.17. The molecule has 0 aliphatic heterocycles. The number of rotatable bonds is 4. The Morgan fingerprint density at radius 1 is 1.32 bits per heavy atom. The van der Waals surface area contributed by atoms with Gasteiger partial charge in [0.25, 0.3) is 11.5 Å². The van der Waals surface area contributed by atoms with Crippen molar-refractivity contribution in [3.63, 3.8) is 0 Å². The molecule has 0 bridgehead atoms. The maximum absolute atomic E-state index is 12.7. The summed E-state index contributed by atoms with van der Waals surface area (Å²) in [5.74, 6) is -0.0817. The third kappa shape index (κ3) is 4.97. The van der Waals surface area contributed by atoms with Crippen molar-refractivity contribution in [2.45, 2.75) is 33.8 Å². The van der Waals surface area contributed by atoms with Crippen LogP contribution in [0.15, 0.2) is 33.5 Å². The predicted molar refractivity (Wildman–Crippen MR) is 114 cm³/mol. The Morgan fingerprint density at radius 2 is 2.00 bits per heavy atom. The van der Waals surface area contributed by atoms with Gasteiger partial charge in [-0.1, -0.05) is 15.9 Å². The molecule has 0 saturated carbocycles. The van der Waals surface area contributed by atoms with Gasteiger partial charge in [-0.25, -0.2) is 4.68 Å². The van der Waals surface area contributed by atoms with Gasteiger partial charge in [-0.15, -0.1) is 0 Å². The number of amides is 1. The molecule has 0 radical (unpaired) electrons. The molecule has 0 unspecified atom stereocenters. The van der Waals surface area contributed by atoms with Gasteiger partial charge in [0.2, 0.25) is 0 Å². The fourth-order valence-electron chi connectivity index (χ4n) is 2.50. The van der Waals surface area contributed by atoms with Gasteiger partial charge in [0, 0.05) is 10.2 Å². The molecule has 0 saturated heterocycles. The number of halogens is 1. The Labute approximate surface area is 176 Å². The van der Waals surface area contributed by atoms with Crippen molar-refractivity contribution in [2.75, 3.05) is 5.43 Å². The van der Waals surface area contributed by atoms with Crippen LogP contribution in [0.2, 0.25) is 0 Å². The van der Waals surface area contributed by atoms with Gasteiger partial charge in [0.1, 0.15) is 17.4 Å². The zero-order valence-corrected chi connectivity index (χ0v) is 18.2. The minimum atomic E-state index is -0.539. The maximum Gasteiger partial charge on any atom is 0.287 e. The summed E-state index contributed by atoms with van der Waals surface area (Å²) >= 11 is 8.50. The number of nitrogens with one attached hydrogen (secondary N) is 2.